The Labute approximate surface area is 89.5 Å². The van der Waals surface area contributed by atoms with Crippen LogP contribution in [0, 0.1) is 0 Å². The molecule has 0 saturated carbocycles. The van der Waals surface area contributed by atoms with Crippen molar-refractivity contribution >= 4 is 15.9 Å². The fourth-order valence-corrected chi connectivity index (χ4v) is 1.82. The maximum Gasteiger partial charge on any atom is 0.00718 e. The number of alkyl halides is 1. The molecule has 0 aliphatic carbocycles. The van der Waals surface area contributed by atoms with Gasteiger partial charge in [-0.25, -0.2) is 0 Å². The zero-order valence-corrected chi connectivity index (χ0v) is 9.81. The molecule has 1 aromatic rings. The van der Waals surface area contributed by atoms with Gasteiger partial charge in [-0.05, 0) is 30.4 Å². The summed E-state index contributed by atoms with van der Waals surface area (Å²) < 4.78 is 0. The quantitative estimate of drug-likeness (QED) is 0.684. The minimum absolute atomic E-state index is 1.06. The summed E-state index contributed by atoms with van der Waals surface area (Å²) in [5, 5.41) is 1.06. The molecule has 0 aromatic heterocycles. The molecule has 0 radical (unpaired) electrons. The van der Waals surface area contributed by atoms with Crippen molar-refractivity contribution in [1.82, 2.24) is 0 Å². The summed E-state index contributed by atoms with van der Waals surface area (Å²) in [5.74, 6) is 0. The molecule has 0 aliphatic heterocycles. The molecular weight excluding hydrogens is 224 g/mol. The number of rotatable bonds is 5. The average molecular weight is 241 g/mol. The van der Waals surface area contributed by atoms with Crippen LogP contribution in [0.1, 0.15) is 30.9 Å². The van der Waals surface area contributed by atoms with Crippen molar-refractivity contribution in [2.75, 3.05) is 5.33 Å². The summed E-state index contributed by atoms with van der Waals surface area (Å²) in [6.07, 6.45) is 4.94. The lowest BCUT2D eigenvalue weighted by molar-refractivity contribution is 0.794. The van der Waals surface area contributed by atoms with Crippen LogP contribution in [0.15, 0.2) is 24.3 Å². The third-order valence-electron chi connectivity index (χ3n) is 2.23. The van der Waals surface area contributed by atoms with Crippen LogP contribution in [0.5, 0.6) is 0 Å². The van der Waals surface area contributed by atoms with Gasteiger partial charge in [0.25, 0.3) is 0 Å². The van der Waals surface area contributed by atoms with Crippen LogP contribution in [0.25, 0.3) is 0 Å². The molecule has 1 aromatic carbocycles. The molecule has 1 rings (SSSR count). The molecule has 13 heavy (non-hydrogen) atoms. The second-order valence-corrected chi connectivity index (χ2v) is 4.15. The van der Waals surface area contributed by atoms with E-state index in [0.717, 1.165) is 11.8 Å². The van der Waals surface area contributed by atoms with Gasteiger partial charge >= 0.3 is 0 Å². The Bertz CT molecular complexity index is 225. The molecule has 0 heterocycles. The third kappa shape index (κ3) is 3.95. The number of hydrogen-bond donors (Lipinski definition) is 0. The van der Waals surface area contributed by atoms with E-state index >= 15 is 0 Å². The predicted octanol–water partition coefficient (Wildman–Crippen LogP) is 3.97. The summed E-state index contributed by atoms with van der Waals surface area (Å²) >= 11 is 3.45. The highest BCUT2D eigenvalue weighted by molar-refractivity contribution is 9.09. The molecule has 0 fully saturated rings. The van der Waals surface area contributed by atoms with E-state index < -0.39 is 0 Å². The van der Waals surface area contributed by atoms with E-state index in [4.69, 9.17) is 0 Å². The average Bonchev–Trinajstić information content (AvgIpc) is 2.17. The van der Waals surface area contributed by atoms with E-state index in [9.17, 15) is 0 Å². The first kappa shape index (κ1) is 10.8. The van der Waals surface area contributed by atoms with E-state index in [1.807, 2.05) is 0 Å². The molecule has 0 atom stereocenters. The van der Waals surface area contributed by atoms with Gasteiger partial charge in [0.2, 0.25) is 0 Å². The van der Waals surface area contributed by atoms with Crippen LogP contribution in [-0.2, 0) is 12.8 Å². The summed E-state index contributed by atoms with van der Waals surface area (Å²) in [7, 11) is 0. The van der Waals surface area contributed by atoms with Gasteiger partial charge in [-0.3, -0.25) is 0 Å². The molecule has 0 unspecified atom stereocenters. The number of benzene rings is 1. The fourth-order valence-electron chi connectivity index (χ4n) is 1.36. The Balaban J connectivity index is 2.48. The molecule has 0 spiro atoms. The van der Waals surface area contributed by atoms with E-state index in [-0.39, 0.29) is 0 Å². The lowest BCUT2D eigenvalue weighted by Crippen LogP contribution is -1.88. The van der Waals surface area contributed by atoms with Crippen LogP contribution < -0.4 is 0 Å². The first-order valence-corrected chi connectivity index (χ1v) is 6.12. The van der Waals surface area contributed by atoms with Gasteiger partial charge in [-0.1, -0.05) is 53.5 Å². The zero-order valence-electron chi connectivity index (χ0n) is 8.22. The highest BCUT2D eigenvalue weighted by Crippen LogP contribution is 2.08. The van der Waals surface area contributed by atoms with Crippen molar-refractivity contribution in [2.24, 2.45) is 0 Å². The largest absolute Gasteiger partial charge is 0.0924 e. The fraction of sp³-hybridized carbons (Fsp3) is 0.500. The molecule has 0 saturated heterocycles. The molecule has 0 amide bonds. The lowest BCUT2D eigenvalue weighted by atomic mass is 10.1. The first-order valence-electron chi connectivity index (χ1n) is 5.00. The highest BCUT2D eigenvalue weighted by atomic mass is 79.9. The third-order valence-corrected chi connectivity index (χ3v) is 2.62. The monoisotopic (exact) mass is 240 g/mol. The van der Waals surface area contributed by atoms with Crippen molar-refractivity contribution in [1.29, 1.82) is 0 Å². The second-order valence-electron chi connectivity index (χ2n) is 3.36. The number of unbranched alkanes of at least 4 members (excludes halogenated alkanes) is 1. The number of hydrogen-bond acceptors (Lipinski definition) is 0. The predicted molar refractivity (Wildman–Crippen MR) is 62.6 cm³/mol. The number of halogens is 1. The SMILES string of the molecule is CCCCc1ccc(CCBr)cc1. The minimum Gasteiger partial charge on any atom is -0.0924 e. The number of aryl methyl sites for hydroxylation is 2. The Morgan fingerprint density at radius 1 is 1.00 bits per heavy atom. The Morgan fingerprint density at radius 3 is 2.00 bits per heavy atom. The minimum atomic E-state index is 1.06. The van der Waals surface area contributed by atoms with Gasteiger partial charge < -0.3 is 0 Å². The topological polar surface area (TPSA) is 0 Å². The smallest absolute Gasteiger partial charge is 0.00718 e. The van der Waals surface area contributed by atoms with Crippen LogP contribution in [-0.4, -0.2) is 5.33 Å². The molecule has 0 aliphatic rings. The molecule has 1 heteroatoms. The van der Waals surface area contributed by atoms with E-state index in [1.54, 1.807) is 0 Å². The van der Waals surface area contributed by atoms with E-state index in [2.05, 4.69) is 47.1 Å². The molecule has 72 valence electrons. The van der Waals surface area contributed by atoms with Crippen molar-refractivity contribution in [3.63, 3.8) is 0 Å². The Morgan fingerprint density at radius 2 is 1.54 bits per heavy atom. The molecule has 0 nitrogen and oxygen atoms in total. The van der Waals surface area contributed by atoms with Crippen LogP contribution in [0.3, 0.4) is 0 Å². The van der Waals surface area contributed by atoms with Crippen molar-refractivity contribution in [3.8, 4) is 0 Å². The van der Waals surface area contributed by atoms with Crippen LogP contribution >= 0.6 is 15.9 Å². The van der Waals surface area contributed by atoms with Gasteiger partial charge in [0.15, 0.2) is 0 Å². The van der Waals surface area contributed by atoms with Gasteiger partial charge in [0.1, 0.15) is 0 Å². The summed E-state index contributed by atoms with van der Waals surface area (Å²) in [5.41, 5.74) is 2.90. The maximum atomic E-state index is 3.45. The molecule has 0 N–H and O–H groups in total. The molecule has 0 bridgehead atoms. The van der Waals surface area contributed by atoms with Gasteiger partial charge in [-0.2, -0.15) is 0 Å². The standard InChI is InChI=1S/C12H17Br/c1-2-3-4-11-5-7-12(8-6-11)9-10-13/h5-8H,2-4,9-10H2,1H3. The first-order chi connectivity index (χ1) is 6.36. The summed E-state index contributed by atoms with van der Waals surface area (Å²) in [4.78, 5) is 0. The summed E-state index contributed by atoms with van der Waals surface area (Å²) in [6, 6.07) is 9.00. The zero-order chi connectivity index (χ0) is 9.52. The normalized spacial score (nSPS) is 10.3. The van der Waals surface area contributed by atoms with E-state index in [1.165, 1.54) is 30.4 Å². The van der Waals surface area contributed by atoms with Gasteiger partial charge in [0, 0.05) is 5.33 Å². The van der Waals surface area contributed by atoms with Crippen LogP contribution in [0.2, 0.25) is 0 Å². The van der Waals surface area contributed by atoms with Crippen molar-refractivity contribution < 1.29 is 0 Å². The van der Waals surface area contributed by atoms with Gasteiger partial charge in [-0.15, -0.1) is 0 Å². The second kappa shape index (κ2) is 6.20. The highest BCUT2D eigenvalue weighted by Gasteiger charge is 1.93. The summed E-state index contributed by atoms with van der Waals surface area (Å²) in [6.45, 7) is 2.24. The Hall–Kier alpha value is -0.300. The maximum absolute atomic E-state index is 3.45. The van der Waals surface area contributed by atoms with E-state index in [0.29, 0.717) is 0 Å². The van der Waals surface area contributed by atoms with Gasteiger partial charge in [0.05, 0.1) is 0 Å². The van der Waals surface area contributed by atoms with Crippen molar-refractivity contribution in [3.05, 3.63) is 35.4 Å². The van der Waals surface area contributed by atoms with Crippen molar-refractivity contribution in [2.45, 2.75) is 32.6 Å². The lowest BCUT2D eigenvalue weighted by Gasteiger charge is -2.01. The Kier molecular flexibility index (Phi) is 5.14. The molecular formula is C12H17Br. The van der Waals surface area contributed by atoms with Crippen LogP contribution in [0.4, 0.5) is 0 Å².